The molecule has 0 aromatic carbocycles. The lowest BCUT2D eigenvalue weighted by Crippen LogP contribution is -2.29. The first-order valence-electron chi connectivity index (χ1n) is 6.88. The van der Waals surface area contributed by atoms with Crippen molar-refractivity contribution < 1.29 is 0 Å². The average molecular weight is 289 g/mol. The van der Waals surface area contributed by atoms with Crippen LogP contribution < -0.4 is 10.6 Å². The first-order valence-corrected chi connectivity index (χ1v) is 6.88. The third-order valence-electron chi connectivity index (χ3n) is 3.62. The van der Waals surface area contributed by atoms with Crippen LogP contribution in [0, 0.1) is 5.92 Å². The minimum atomic E-state index is 0.181. The molecule has 2 aromatic heterocycles. The number of likely N-dealkylation sites (tertiary alicyclic amines) is 1. The zero-order chi connectivity index (χ0) is 14.8. The van der Waals surface area contributed by atoms with Gasteiger partial charge in [0.2, 0.25) is 11.9 Å². The second-order valence-electron chi connectivity index (χ2n) is 5.43. The van der Waals surface area contributed by atoms with Gasteiger partial charge in [-0.3, -0.25) is 0 Å². The van der Waals surface area contributed by atoms with Gasteiger partial charge in [0.15, 0.2) is 0 Å². The number of anilines is 2. The number of hydrogen-bond donors (Lipinski definition) is 1. The number of aromatic nitrogens is 6. The van der Waals surface area contributed by atoms with Crippen LogP contribution in [0.25, 0.3) is 5.95 Å². The fraction of sp³-hybridized carbons (Fsp3) is 0.583. The standard InChI is InChI=1S/C12H19N9/c1-19-4-3-9(5-19)6-20(2)11-16-10(13)17-12(18-11)21-8-14-7-15-21/h7-9H,3-6H2,1-2H3,(H2,13,16,17,18). The lowest BCUT2D eigenvalue weighted by molar-refractivity contribution is 0.395. The SMILES string of the molecule is CN1CCC(CN(C)c2nc(N)nc(-n3cncn3)n2)C1. The first-order chi connectivity index (χ1) is 10.1. The maximum atomic E-state index is 5.77. The van der Waals surface area contributed by atoms with Gasteiger partial charge in [0, 0.05) is 20.1 Å². The Balaban J connectivity index is 1.78. The van der Waals surface area contributed by atoms with Crippen LogP contribution in [0.5, 0.6) is 0 Å². The molecule has 0 bridgehead atoms. The zero-order valence-electron chi connectivity index (χ0n) is 12.2. The molecular formula is C12H19N9. The summed E-state index contributed by atoms with van der Waals surface area (Å²) in [5, 5.41) is 4.01. The molecule has 3 rings (SSSR count). The normalized spacial score (nSPS) is 19.0. The summed E-state index contributed by atoms with van der Waals surface area (Å²) < 4.78 is 1.47. The van der Waals surface area contributed by atoms with E-state index in [-0.39, 0.29) is 5.95 Å². The Kier molecular flexibility index (Phi) is 3.65. The van der Waals surface area contributed by atoms with Gasteiger partial charge in [-0.25, -0.2) is 4.98 Å². The zero-order valence-corrected chi connectivity index (χ0v) is 12.2. The monoisotopic (exact) mass is 289 g/mol. The maximum Gasteiger partial charge on any atom is 0.258 e. The van der Waals surface area contributed by atoms with Crippen LogP contribution in [0.3, 0.4) is 0 Å². The summed E-state index contributed by atoms with van der Waals surface area (Å²) in [5.41, 5.74) is 5.77. The van der Waals surface area contributed by atoms with Crippen LogP contribution in [-0.4, -0.2) is 68.3 Å². The molecule has 0 spiro atoms. The highest BCUT2D eigenvalue weighted by molar-refractivity contribution is 5.36. The van der Waals surface area contributed by atoms with Crippen molar-refractivity contribution in [3.05, 3.63) is 12.7 Å². The molecule has 0 amide bonds. The molecular weight excluding hydrogens is 270 g/mol. The van der Waals surface area contributed by atoms with Crippen molar-refractivity contribution in [2.24, 2.45) is 5.92 Å². The Morgan fingerprint density at radius 3 is 2.90 bits per heavy atom. The van der Waals surface area contributed by atoms with Gasteiger partial charge >= 0.3 is 0 Å². The predicted molar refractivity (Wildman–Crippen MR) is 78.0 cm³/mol. The molecule has 1 unspecified atom stereocenters. The summed E-state index contributed by atoms with van der Waals surface area (Å²) in [6.45, 7) is 3.13. The van der Waals surface area contributed by atoms with Gasteiger partial charge < -0.3 is 15.5 Å². The summed E-state index contributed by atoms with van der Waals surface area (Å²) in [6.07, 6.45) is 4.15. The smallest absolute Gasteiger partial charge is 0.258 e. The summed E-state index contributed by atoms with van der Waals surface area (Å²) in [6, 6.07) is 0. The van der Waals surface area contributed by atoms with Gasteiger partial charge in [0.1, 0.15) is 12.7 Å². The van der Waals surface area contributed by atoms with Crippen molar-refractivity contribution in [2.45, 2.75) is 6.42 Å². The van der Waals surface area contributed by atoms with Gasteiger partial charge in [-0.15, -0.1) is 0 Å². The Hall–Kier alpha value is -2.29. The van der Waals surface area contributed by atoms with E-state index in [0.717, 1.165) is 19.6 Å². The van der Waals surface area contributed by atoms with E-state index in [0.29, 0.717) is 17.8 Å². The fourth-order valence-electron chi connectivity index (χ4n) is 2.60. The second-order valence-corrected chi connectivity index (χ2v) is 5.43. The number of nitrogens with two attached hydrogens (primary N) is 1. The Morgan fingerprint density at radius 1 is 1.38 bits per heavy atom. The predicted octanol–water partition coefficient (Wildman–Crippen LogP) is -0.578. The number of rotatable bonds is 4. The molecule has 0 saturated carbocycles. The Bertz CT molecular complexity index is 597. The van der Waals surface area contributed by atoms with Crippen LogP contribution in [0.4, 0.5) is 11.9 Å². The van der Waals surface area contributed by atoms with E-state index in [4.69, 9.17) is 5.73 Å². The van der Waals surface area contributed by atoms with Crippen LogP contribution in [0.2, 0.25) is 0 Å². The van der Waals surface area contributed by atoms with E-state index >= 15 is 0 Å². The van der Waals surface area contributed by atoms with Gasteiger partial charge in [-0.2, -0.15) is 24.7 Å². The summed E-state index contributed by atoms with van der Waals surface area (Å²) in [4.78, 5) is 20.9. The topological polar surface area (TPSA) is 102 Å². The molecule has 0 radical (unpaired) electrons. The summed E-state index contributed by atoms with van der Waals surface area (Å²) in [5.74, 6) is 1.74. The minimum absolute atomic E-state index is 0.181. The third kappa shape index (κ3) is 3.07. The first kappa shape index (κ1) is 13.7. The molecule has 1 atom stereocenters. The maximum absolute atomic E-state index is 5.77. The van der Waals surface area contributed by atoms with Crippen molar-refractivity contribution in [1.82, 2.24) is 34.6 Å². The van der Waals surface area contributed by atoms with E-state index in [1.54, 1.807) is 0 Å². The molecule has 21 heavy (non-hydrogen) atoms. The molecule has 2 N–H and O–H groups in total. The van der Waals surface area contributed by atoms with Crippen molar-refractivity contribution in [1.29, 1.82) is 0 Å². The lowest BCUT2D eigenvalue weighted by atomic mass is 10.1. The Labute approximate surface area is 122 Å². The lowest BCUT2D eigenvalue weighted by Gasteiger charge is -2.21. The van der Waals surface area contributed by atoms with Gasteiger partial charge in [-0.05, 0) is 25.9 Å². The summed E-state index contributed by atoms with van der Waals surface area (Å²) >= 11 is 0. The van der Waals surface area contributed by atoms with E-state index < -0.39 is 0 Å². The molecule has 3 heterocycles. The molecule has 1 aliphatic heterocycles. The number of nitrogen functional groups attached to an aromatic ring is 1. The van der Waals surface area contributed by atoms with E-state index in [9.17, 15) is 0 Å². The van der Waals surface area contributed by atoms with E-state index in [1.807, 2.05) is 11.9 Å². The third-order valence-corrected chi connectivity index (χ3v) is 3.62. The van der Waals surface area contributed by atoms with Crippen molar-refractivity contribution in [3.8, 4) is 5.95 Å². The molecule has 9 heteroatoms. The van der Waals surface area contributed by atoms with Crippen LogP contribution in [-0.2, 0) is 0 Å². The highest BCUT2D eigenvalue weighted by atomic mass is 15.4. The average Bonchev–Trinajstić information content (AvgIpc) is 3.10. The van der Waals surface area contributed by atoms with Gasteiger partial charge in [0.25, 0.3) is 5.95 Å². The van der Waals surface area contributed by atoms with E-state index in [2.05, 4.69) is 37.0 Å². The fourth-order valence-corrected chi connectivity index (χ4v) is 2.60. The summed E-state index contributed by atoms with van der Waals surface area (Å²) in [7, 11) is 4.11. The second kappa shape index (κ2) is 5.60. The number of nitrogens with zero attached hydrogens (tertiary/aromatic N) is 8. The molecule has 1 saturated heterocycles. The molecule has 112 valence electrons. The molecule has 1 aliphatic rings. The van der Waals surface area contributed by atoms with Crippen molar-refractivity contribution >= 4 is 11.9 Å². The van der Waals surface area contributed by atoms with Crippen LogP contribution >= 0.6 is 0 Å². The van der Waals surface area contributed by atoms with E-state index in [1.165, 1.54) is 23.8 Å². The molecule has 2 aromatic rings. The van der Waals surface area contributed by atoms with Gasteiger partial charge in [-0.1, -0.05) is 0 Å². The van der Waals surface area contributed by atoms with Crippen molar-refractivity contribution in [2.75, 3.05) is 44.4 Å². The van der Waals surface area contributed by atoms with Crippen LogP contribution in [0.15, 0.2) is 12.7 Å². The largest absolute Gasteiger partial charge is 0.368 e. The minimum Gasteiger partial charge on any atom is -0.368 e. The molecule has 9 nitrogen and oxygen atoms in total. The van der Waals surface area contributed by atoms with Crippen molar-refractivity contribution in [3.63, 3.8) is 0 Å². The van der Waals surface area contributed by atoms with Gasteiger partial charge in [0.05, 0.1) is 0 Å². The highest BCUT2D eigenvalue weighted by Crippen LogP contribution is 2.18. The van der Waals surface area contributed by atoms with Crippen LogP contribution in [0.1, 0.15) is 6.42 Å². The molecule has 0 aliphatic carbocycles. The number of hydrogen-bond acceptors (Lipinski definition) is 8. The Morgan fingerprint density at radius 2 is 2.24 bits per heavy atom. The highest BCUT2D eigenvalue weighted by Gasteiger charge is 2.22. The quantitative estimate of drug-likeness (QED) is 0.798. The molecule has 1 fully saturated rings.